The molecule has 1 aliphatic heterocycles. The summed E-state index contributed by atoms with van der Waals surface area (Å²) in [6.45, 7) is 14.6. The summed E-state index contributed by atoms with van der Waals surface area (Å²) in [7, 11) is -3.59. The van der Waals surface area contributed by atoms with Crippen molar-refractivity contribution in [3.05, 3.63) is 74.8 Å². The van der Waals surface area contributed by atoms with Crippen molar-refractivity contribution in [1.82, 2.24) is 18.6 Å². The molecule has 0 amide bonds. The van der Waals surface area contributed by atoms with E-state index in [4.69, 9.17) is 0 Å². The molecule has 0 bridgehead atoms. The molecular weight excluding hydrogens is 448 g/mol. The summed E-state index contributed by atoms with van der Waals surface area (Å²) in [6, 6.07) is 9.35. The van der Waals surface area contributed by atoms with Gasteiger partial charge in [0.1, 0.15) is 5.65 Å². The van der Waals surface area contributed by atoms with Crippen LogP contribution in [0, 0.1) is 20.8 Å². The van der Waals surface area contributed by atoms with E-state index in [0.717, 1.165) is 22.3 Å². The maximum Gasteiger partial charge on any atom is 0.258 e. The molecule has 3 heterocycles. The van der Waals surface area contributed by atoms with Crippen LogP contribution in [0.4, 0.5) is 0 Å². The van der Waals surface area contributed by atoms with Crippen LogP contribution in [0.5, 0.6) is 0 Å². The Kier molecular flexibility index (Phi) is 6.44. The molecule has 8 heteroatoms. The molecule has 0 spiro atoms. The smallest absolute Gasteiger partial charge is 0.258 e. The first-order chi connectivity index (χ1) is 15.9. The van der Waals surface area contributed by atoms with E-state index in [1.807, 2.05) is 45.0 Å². The van der Waals surface area contributed by atoms with Gasteiger partial charge in [0.15, 0.2) is 0 Å². The van der Waals surface area contributed by atoms with Crippen LogP contribution in [0.3, 0.4) is 0 Å². The van der Waals surface area contributed by atoms with Gasteiger partial charge in [0.05, 0.1) is 10.6 Å². The lowest BCUT2D eigenvalue weighted by Gasteiger charge is -2.34. The molecule has 1 aliphatic rings. The van der Waals surface area contributed by atoms with Crippen LogP contribution in [-0.4, -0.2) is 53.2 Å². The molecule has 7 nitrogen and oxygen atoms in total. The Labute approximate surface area is 202 Å². The van der Waals surface area contributed by atoms with E-state index in [-0.39, 0.29) is 11.0 Å². The molecule has 1 saturated heterocycles. The maximum absolute atomic E-state index is 13.5. The number of hydrogen-bond acceptors (Lipinski definition) is 5. The van der Waals surface area contributed by atoms with Gasteiger partial charge in [0.2, 0.25) is 10.0 Å². The number of fused-ring (bicyclic) bond motifs is 1. The molecule has 34 heavy (non-hydrogen) atoms. The molecule has 2 aromatic heterocycles. The second-order valence-electron chi connectivity index (χ2n) is 10.3. The van der Waals surface area contributed by atoms with Gasteiger partial charge in [-0.2, -0.15) is 4.31 Å². The van der Waals surface area contributed by atoms with Gasteiger partial charge in [-0.15, -0.1) is 0 Å². The van der Waals surface area contributed by atoms with Crippen molar-refractivity contribution in [2.24, 2.45) is 0 Å². The van der Waals surface area contributed by atoms with E-state index in [0.29, 0.717) is 49.0 Å². The van der Waals surface area contributed by atoms with E-state index in [1.54, 1.807) is 21.0 Å². The average Bonchev–Trinajstić information content (AvgIpc) is 2.74. The van der Waals surface area contributed by atoms with Crippen molar-refractivity contribution in [2.45, 2.75) is 58.4 Å². The van der Waals surface area contributed by atoms with Gasteiger partial charge in [0.25, 0.3) is 5.56 Å². The number of rotatable bonds is 4. The predicted molar refractivity (Wildman–Crippen MR) is 135 cm³/mol. The van der Waals surface area contributed by atoms with E-state index in [1.165, 1.54) is 0 Å². The highest BCUT2D eigenvalue weighted by atomic mass is 32.2. The van der Waals surface area contributed by atoms with Crippen molar-refractivity contribution in [1.29, 1.82) is 0 Å². The zero-order valence-electron chi connectivity index (χ0n) is 20.9. The largest absolute Gasteiger partial charge is 0.295 e. The number of pyridine rings is 1. The van der Waals surface area contributed by atoms with Gasteiger partial charge < -0.3 is 0 Å². The number of benzene rings is 1. The van der Waals surface area contributed by atoms with E-state index < -0.39 is 10.0 Å². The number of piperazine rings is 1. The van der Waals surface area contributed by atoms with Crippen molar-refractivity contribution < 1.29 is 8.42 Å². The highest BCUT2D eigenvalue weighted by Crippen LogP contribution is 2.31. The first-order valence-corrected chi connectivity index (χ1v) is 13.1. The zero-order valence-corrected chi connectivity index (χ0v) is 21.7. The van der Waals surface area contributed by atoms with Crippen LogP contribution < -0.4 is 5.56 Å². The highest BCUT2D eigenvalue weighted by molar-refractivity contribution is 7.89. The van der Waals surface area contributed by atoms with Gasteiger partial charge in [-0.05, 0) is 54.5 Å². The average molecular weight is 483 g/mol. The monoisotopic (exact) mass is 482 g/mol. The van der Waals surface area contributed by atoms with Crippen molar-refractivity contribution in [3.8, 4) is 0 Å². The number of aromatic nitrogens is 2. The molecule has 3 aromatic rings. The lowest BCUT2D eigenvalue weighted by Crippen LogP contribution is -2.48. The molecule has 1 aromatic carbocycles. The fraction of sp³-hybridized carbons (Fsp3) is 0.462. The minimum Gasteiger partial charge on any atom is -0.295 e. The third kappa shape index (κ3) is 4.67. The number of aryl methyl sites for hydroxylation is 3. The van der Waals surface area contributed by atoms with Gasteiger partial charge >= 0.3 is 0 Å². The standard InChI is InChI=1S/C26H34N4O3S/c1-18-8-7-9-30-23(31)16-22(27-25(18)30)17-28-10-12-29(13-11-28)34(32,33)24-19(2)14-21(15-20(24)3)26(4,5)6/h7-9,14-16H,10-13,17H2,1-6H3. The molecular formula is C26H34N4O3S. The highest BCUT2D eigenvalue weighted by Gasteiger charge is 2.32. The SMILES string of the molecule is Cc1cc(C(C)(C)C)cc(C)c1S(=O)(=O)N1CCN(Cc2cc(=O)n3cccc(C)c3n2)CC1. The van der Waals surface area contributed by atoms with E-state index in [2.05, 4.69) is 30.7 Å². The van der Waals surface area contributed by atoms with Gasteiger partial charge in [-0.1, -0.05) is 39.0 Å². The van der Waals surface area contributed by atoms with Crippen LogP contribution >= 0.6 is 0 Å². The summed E-state index contributed by atoms with van der Waals surface area (Å²) in [5, 5.41) is 0. The van der Waals surface area contributed by atoms with Crippen LogP contribution in [0.15, 0.2) is 46.2 Å². The topological polar surface area (TPSA) is 75.0 Å². The molecule has 0 saturated carbocycles. The van der Waals surface area contributed by atoms with E-state index >= 15 is 0 Å². The summed E-state index contributed by atoms with van der Waals surface area (Å²) < 4.78 is 30.2. The Morgan fingerprint density at radius 3 is 2.15 bits per heavy atom. The quantitative estimate of drug-likeness (QED) is 0.570. The number of nitrogens with zero attached hydrogens (tertiary/aromatic N) is 4. The molecule has 0 unspecified atom stereocenters. The predicted octanol–water partition coefficient (Wildman–Crippen LogP) is 3.42. The van der Waals surface area contributed by atoms with Crippen LogP contribution in [0.1, 0.15) is 48.7 Å². The zero-order chi connectivity index (χ0) is 24.8. The molecule has 182 valence electrons. The van der Waals surface area contributed by atoms with E-state index in [9.17, 15) is 13.2 Å². The molecule has 4 rings (SSSR count). The normalized spacial score (nSPS) is 16.3. The van der Waals surface area contributed by atoms with Crippen molar-refractivity contribution >= 4 is 15.7 Å². The Hall–Kier alpha value is -2.55. The summed E-state index contributed by atoms with van der Waals surface area (Å²) in [6.07, 6.45) is 1.73. The molecule has 0 aliphatic carbocycles. The second-order valence-corrected chi connectivity index (χ2v) is 12.2. The maximum atomic E-state index is 13.5. The summed E-state index contributed by atoms with van der Waals surface area (Å²) in [5.74, 6) is 0. The number of sulfonamides is 1. The molecule has 0 atom stereocenters. The Bertz CT molecular complexity index is 1370. The van der Waals surface area contributed by atoms with Gasteiger partial charge in [-0.3, -0.25) is 14.1 Å². The van der Waals surface area contributed by atoms with Crippen molar-refractivity contribution in [3.63, 3.8) is 0 Å². The summed E-state index contributed by atoms with van der Waals surface area (Å²) in [5.41, 5.74) is 4.90. The van der Waals surface area contributed by atoms with Crippen LogP contribution in [-0.2, 0) is 22.0 Å². The molecule has 0 radical (unpaired) electrons. The third-order valence-electron chi connectivity index (χ3n) is 6.58. The van der Waals surface area contributed by atoms with Crippen LogP contribution in [0.25, 0.3) is 5.65 Å². The fourth-order valence-corrected chi connectivity index (χ4v) is 6.50. The Balaban J connectivity index is 1.50. The summed E-state index contributed by atoms with van der Waals surface area (Å²) >= 11 is 0. The van der Waals surface area contributed by atoms with Gasteiger partial charge in [-0.25, -0.2) is 13.4 Å². The molecule has 1 fully saturated rings. The van der Waals surface area contributed by atoms with Gasteiger partial charge in [0, 0.05) is 45.0 Å². The summed E-state index contributed by atoms with van der Waals surface area (Å²) in [4.78, 5) is 19.8. The third-order valence-corrected chi connectivity index (χ3v) is 8.79. The first-order valence-electron chi connectivity index (χ1n) is 11.7. The lowest BCUT2D eigenvalue weighted by molar-refractivity contribution is 0.180. The fourth-order valence-electron chi connectivity index (χ4n) is 4.67. The molecule has 0 N–H and O–H groups in total. The van der Waals surface area contributed by atoms with Crippen molar-refractivity contribution in [2.75, 3.05) is 26.2 Å². The second kappa shape index (κ2) is 8.91. The Morgan fingerprint density at radius 1 is 0.941 bits per heavy atom. The van der Waals surface area contributed by atoms with Crippen LogP contribution in [0.2, 0.25) is 0 Å². The lowest BCUT2D eigenvalue weighted by atomic mass is 9.85. The number of hydrogen-bond donors (Lipinski definition) is 0. The first kappa shape index (κ1) is 24.6. The Morgan fingerprint density at radius 2 is 1.56 bits per heavy atom. The minimum atomic E-state index is -3.59. The minimum absolute atomic E-state index is 0.0404.